The average Bonchev–Trinajstić information content (AvgIpc) is 3.07. The van der Waals surface area contributed by atoms with Crippen LogP contribution in [-0.2, 0) is 18.4 Å². The predicted octanol–water partition coefficient (Wildman–Crippen LogP) is -0.238. The fourth-order valence-electron chi connectivity index (χ4n) is 2.32. The van der Waals surface area contributed by atoms with E-state index in [2.05, 4.69) is 20.8 Å². The van der Waals surface area contributed by atoms with Gasteiger partial charge in [-0.1, -0.05) is 5.21 Å². The zero-order chi connectivity index (χ0) is 20.0. The normalized spacial score (nSPS) is 10.4. The summed E-state index contributed by atoms with van der Waals surface area (Å²) in [5, 5.41) is 22.8. The Labute approximate surface area is 159 Å². The molecule has 11 nitrogen and oxygen atoms in total. The fraction of sp³-hybridized carbons (Fsp3) is 0.400. The number of benzene rings is 1. The third-order valence-electron chi connectivity index (χ3n) is 3.58. The monoisotopic (exact) mass is 398 g/mol. The number of methoxy groups -OCH3 is 3. The standard InChI is InChI=1S/C15H19N5O6S/c1-20-15(17-18-19-20)27-7-11(21)16-6-9-8(14(22)23)5-10(24-2)13(26-4)12(9)25-3/h5H,6-7H2,1-4H3,(H2,16,21,22,23)/p+1. The van der Waals surface area contributed by atoms with E-state index in [1.165, 1.54) is 39.2 Å². The van der Waals surface area contributed by atoms with Gasteiger partial charge in [0.1, 0.15) is 5.10 Å². The van der Waals surface area contributed by atoms with Crippen molar-refractivity contribution in [2.24, 2.45) is 7.05 Å². The highest BCUT2D eigenvalue weighted by atomic mass is 32.2. The van der Waals surface area contributed by atoms with Crippen LogP contribution in [0.25, 0.3) is 0 Å². The van der Waals surface area contributed by atoms with E-state index >= 15 is 0 Å². The van der Waals surface area contributed by atoms with Gasteiger partial charge in [0.25, 0.3) is 0 Å². The molecule has 0 spiro atoms. The molecular formula is C15H20N5O6S+. The molecule has 1 aromatic heterocycles. The molecule has 27 heavy (non-hydrogen) atoms. The van der Waals surface area contributed by atoms with Crippen LogP contribution in [0, 0.1) is 0 Å². The van der Waals surface area contributed by atoms with E-state index < -0.39 is 5.97 Å². The number of rotatable bonds is 9. The molecule has 0 fully saturated rings. The molecule has 0 aliphatic heterocycles. The van der Waals surface area contributed by atoms with Gasteiger partial charge in [-0.3, -0.25) is 4.79 Å². The van der Waals surface area contributed by atoms with Crippen LogP contribution in [-0.4, -0.2) is 59.6 Å². The van der Waals surface area contributed by atoms with E-state index in [9.17, 15) is 14.7 Å². The number of ether oxygens (including phenoxy) is 3. The molecule has 3 N–H and O–H groups in total. The van der Waals surface area contributed by atoms with Gasteiger partial charge in [0.2, 0.25) is 11.7 Å². The Hall–Kier alpha value is -3.02. The first-order chi connectivity index (χ1) is 12.9. The predicted molar refractivity (Wildman–Crippen MR) is 93.2 cm³/mol. The highest BCUT2D eigenvalue weighted by Gasteiger charge is 2.24. The Morgan fingerprint density at radius 2 is 1.96 bits per heavy atom. The minimum atomic E-state index is -1.18. The number of aryl methyl sites for hydroxylation is 1. The van der Waals surface area contributed by atoms with Crippen LogP contribution in [0.1, 0.15) is 15.9 Å². The Morgan fingerprint density at radius 1 is 1.26 bits per heavy atom. The maximum absolute atomic E-state index is 12.1. The van der Waals surface area contributed by atoms with Crippen molar-refractivity contribution >= 4 is 23.6 Å². The number of hydrogen-bond acceptors (Lipinski definition) is 8. The summed E-state index contributed by atoms with van der Waals surface area (Å²) in [6, 6.07) is 1.33. The fourth-order valence-corrected chi connectivity index (χ4v) is 3.01. The van der Waals surface area contributed by atoms with Crippen molar-refractivity contribution in [3.8, 4) is 17.2 Å². The van der Waals surface area contributed by atoms with Crippen molar-refractivity contribution in [1.29, 1.82) is 0 Å². The van der Waals surface area contributed by atoms with E-state index in [-0.39, 0.29) is 46.6 Å². The summed E-state index contributed by atoms with van der Waals surface area (Å²) < 4.78 is 17.3. The van der Waals surface area contributed by atoms with E-state index in [0.717, 1.165) is 0 Å². The first kappa shape index (κ1) is 20.3. The summed E-state index contributed by atoms with van der Waals surface area (Å²) in [5.41, 5.74) is 0.216. The molecule has 1 amide bonds. The topological polar surface area (TPSA) is 140 Å². The molecule has 12 heteroatoms. The van der Waals surface area contributed by atoms with Gasteiger partial charge in [0, 0.05) is 12.1 Å². The summed E-state index contributed by atoms with van der Waals surface area (Å²) in [6.07, 6.45) is 0. The summed E-state index contributed by atoms with van der Waals surface area (Å²) in [5.74, 6) is -0.754. The van der Waals surface area contributed by atoms with Crippen molar-refractivity contribution in [2.45, 2.75) is 11.7 Å². The number of aromatic amines is 1. The second-order valence-corrected chi connectivity index (χ2v) is 6.13. The van der Waals surface area contributed by atoms with E-state index in [1.54, 1.807) is 11.7 Å². The number of H-pyrrole nitrogens is 1. The van der Waals surface area contributed by atoms with Gasteiger partial charge in [-0.05, 0) is 17.8 Å². The van der Waals surface area contributed by atoms with Gasteiger partial charge in [-0.15, -0.1) is 0 Å². The molecule has 0 saturated carbocycles. The van der Waals surface area contributed by atoms with Crippen LogP contribution in [0.2, 0.25) is 0 Å². The zero-order valence-corrected chi connectivity index (χ0v) is 16.0. The molecule has 0 saturated heterocycles. The number of aromatic nitrogens is 4. The van der Waals surface area contributed by atoms with Crippen molar-refractivity contribution in [3.63, 3.8) is 0 Å². The lowest BCUT2D eigenvalue weighted by Gasteiger charge is -2.18. The number of tetrazole rings is 1. The number of aromatic carboxylic acids is 1. The third kappa shape index (κ3) is 4.58. The Balaban J connectivity index is 2.19. The Bertz CT molecular complexity index is 840. The van der Waals surface area contributed by atoms with Gasteiger partial charge >= 0.3 is 11.1 Å². The molecule has 2 aromatic rings. The number of carbonyl (C=O) groups is 2. The summed E-state index contributed by atoms with van der Waals surface area (Å²) in [6.45, 7) is -0.0600. The largest absolute Gasteiger partial charge is 0.493 e. The molecule has 1 aromatic carbocycles. The lowest BCUT2D eigenvalue weighted by molar-refractivity contribution is -0.765. The number of amides is 1. The maximum Gasteiger partial charge on any atom is 0.360 e. The maximum atomic E-state index is 12.1. The molecule has 0 aliphatic carbocycles. The van der Waals surface area contributed by atoms with Crippen molar-refractivity contribution in [1.82, 2.24) is 20.8 Å². The van der Waals surface area contributed by atoms with Crippen LogP contribution in [0.4, 0.5) is 0 Å². The molecular weight excluding hydrogens is 378 g/mol. The minimum Gasteiger partial charge on any atom is -0.493 e. The highest BCUT2D eigenvalue weighted by Crippen LogP contribution is 2.42. The van der Waals surface area contributed by atoms with Crippen LogP contribution < -0.4 is 24.2 Å². The van der Waals surface area contributed by atoms with Crippen molar-refractivity contribution in [2.75, 3.05) is 27.1 Å². The number of carboxylic acid groups (broad SMARTS) is 1. The molecule has 146 valence electrons. The summed E-state index contributed by atoms with van der Waals surface area (Å²) in [7, 11) is 5.91. The Morgan fingerprint density at radius 3 is 2.48 bits per heavy atom. The first-order valence-electron chi connectivity index (χ1n) is 7.64. The average molecular weight is 398 g/mol. The smallest absolute Gasteiger partial charge is 0.360 e. The lowest BCUT2D eigenvalue weighted by Crippen LogP contribution is -2.33. The van der Waals surface area contributed by atoms with E-state index in [0.29, 0.717) is 5.16 Å². The van der Waals surface area contributed by atoms with Crippen LogP contribution in [0.3, 0.4) is 0 Å². The molecule has 1 heterocycles. The second kappa shape index (κ2) is 9.07. The molecule has 0 unspecified atom stereocenters. The molecule has 0 bridgehead atoms. The van der Waals surface area contributed by atoms with Gasteiger partial charge in [-0.2, -0.15) is 4.68 Å². The van der Waals surface area contributed by atoms with Gasteiger partial charge < -0.3 is 24.6 Å². The van der Waals surface area contributed by atoms with E-state index in [1.807, 2.05) is 0 Å². The van der Waals surface area contributed by atoms with E-state index in [4.69, 9.17) is 14.2 Å². The van der Waals surface area contributed by atoms with Crippen LogP contribution in [0.5, 0.6) is 17.2 Å². The van der Waals surface area contributed by atoms with Crippen LogP contribution >= 0.6 is 11.8 Å². The number of carbonyl (C=O) groups excluding carboxylic acids is 1. The van der Waals surface area contributed by atoms with Gasteiger partial charge in [0.15, 0.2) is 16.7 Å². The third-order valence-corrected chi connectivity index (χ3v) is 4.60. The van der Waals surface area contributed by atoms with Crippen molar-refractivity contribution in [3.05, 3.63) is 17.2 Å². The number of thioether (sulfide) groups is 1. The number of hydrogen-bond donors (Lipinski definition) is 3. The first-order valence-corrected chi connectivity index (χ1v) is 8.63. The van der Waals surface area contributed by atoms with Crippen LogP contribution in [0.15, 0.2) is 11.2 Å². The summed E-state index contributed by atoms with van der Waals surface area (Å²) >= 11 is 1.18. The zero-order valence-electron chi connectivity index (χ0n) is 15.2. The second-order valence-electron chi connectivity index (χ2n) is 5.18. The molecule has 0 aliphatic rings. The van der Waals surface area contributed by atoms with Crippen molar-refractivity contribution < 1.29 is 33.6 Å². The number of carboxylic acids is 1. The molecule has 2 rings (SSSR count). The summed E-state index contributed by atoms with van der Waals surface area (Å²) in [4.78, 5) is 23.8. The highest BCUT2D eigenvalue weighted by molar-refractivity contribution is 7.99. The lowest BCUT2D eigenvalue weighted by atomic mass is 10.0. The quantitative estimate of drug-likeness (QED) is 0.386. The number of nitrogens with zero attached hydrogens (tertiary/aromatic N) is 3. The Kier molecular flexibility index (Phi) is 6.82. The van der Waals surface area contributed by atoms with Gasteiger partial charge in [-0.25, -0.2) is 4.79 Å². The molecule has 0 atom stereocenters. The molecule has 0 radical (unpaired) electrons. The number of nitrogens with one attached hydrogen (secondary N) is 2. The SMILES string of the molecule is COc1cc(C(=O)O)c(CNC(=O)CSc2nn[nH][n+]2C)c(OC)c1OC. The van der Waals surface area contributed by atoms with Gasteiger partial charge in [0.05, 0.1) is 39.7 Å². The minimum absolute atomic E-state index is 0.0552.